The molecule has 130 valence electrons. The highest BCUT2D eigenvalue weighted by molar-refractivity contribution is 5.79. The van der Waals surface area contributed by atoms with Gasteiger partial charge in [0.25, 0.3) is 0 Å². The van der Waals surface area contributed by atoms with E-state index in [1.54, 1.807) is 0 Å². The number of carbonyl (C=O) groups excluding carboxylic acids is 1. The SMILES string of the molecule is CC[C@@H]1OCCC[C@@H]1C(=O)NCCc1nc2ccccc2n1CC. The van der Waals surface area contributed by atoms with E-state index in [2.05, 4.69) is 29.8 Å². The number of nitrogens with zero attached hydrogens (tertiary/aromatic N) is 2. The minimum atomic E-state index is -0.00579. The zero-order chi connectivity index (χ0) is 16.9. The number of aromatic nitrogens is 2. The van der Waals surface area contributed by atoms with Gasteiger partial charge in [-0.2, -0.15) is 0 Å². The van der Waals surface area contributed by atoms with Gasteiger partial charge < -0.3 is 14.6 Å². The van der Waals surface area contributed by atoms with Gasteiger partial charge in [0.2, 0.25) is 5.91 Å². The highest BCUT2D eigenvalue weighted by Gasteiger charge is 2.30. The Morgan fingerprint density at radius 1 is 1.38 bits per heavy atom. The summed E-state index contributed by atoms with van der Waals surface area (Å²) in [6.45, 7) is 6.50. The summed E-state index contributed by atoms with van der Waals surface area (Å²) in [5.74, 6) is 1.15. The molecule has 1 aliphatic heterocycles. The first-order valence-corrected chi connectivity index (χ1v) is 9.08. The molecule has 0 bridgehead atoms. The molecular weight excluding hydrogens is 302 g/mol. The molecule has 3 rings (SSSR count). The van der Waals surface area contributed by atoms with E-state index in [4.69, 9.17) is 9.72 Å². The summed E-state index contributed by atoms with van der Waals surface area (Å²) in [5, 5.41) is 3.09. The van der Waals surface area contributed by atoms with Gasteiger partial charge in [0.1, 0.15) is 5.82 Å². The van der Waals surface area contributed by atoms with Gasteiger partial charge in [0, 0.05) is 26.1 Å². The summed E-state index contributed by atoms with van der Waals surface area (Å²) in [6.07, 6.45) is 3.61. The van der Waals surface area contributed by atoms with Crippen LogP contribution in [0.3, 0.4) is 0 Å². The van der Waals surface area contributed by atoms with E-state index in [0.717, 1.165) is 55.7 Å². The first-order chi connectivity index (χ1) is 11.7. The first kappa shape index (κ1) is 17.0. The third-order valence-electron chi connectivity index (χ3n) is 4.88. The summed E-state index contributed by atoms with van der Waals surface area (Å²) in [4.78, 5) is 17.2. The maximum absolute atomic E-state index is 12.5. The summed E-state index contributed by atoms with van der Waals surface area (Å²) in [6, 6.07) is 8.18. The minimum Gasteiger partial charge on any atom is -0.377 e. The number of benzene rings is 1. The molecule has 1 aromatic heterocycles. The van der Waals surface area contributed by atoms with Crippen molar-refractivity contribution in [1.29, 1.82) is 0 Å². The van der Waals surface area contributed by atoms with Crippen LogP contribution < -0.4 is 5.32 Å². The predicted molar refractivity (Wildman–Crippen MR) is 94.9 cm³/mol. The molecule has 2 atom stereocenters. The number of nitrogens with one attached hydrogen (secondary N) is 1. The number of hydrogen-bond donors (Lipinski definition) is 1. The van der Waals surface area contributed by atoms with E-state index in [1.807, 2.05) is 18.2 Å². The minimum absolute atomic E-state index is 0.00579. The van der Waals surface area contributed by atoms with Gasteiger partial charge in [-0.1, -0.05) is 19.1 Å². The second kappa shape index (κ2) is 7.79. The number of amides is 1. The van der Waals surface area contributed by atoms with Gasteiger partial charge in [0.05, 0.1) is 23.1 Å². The molecule has 5 heteroatoms. The highest BCUT2D eigenvalue weighted by atomic mass is 16.5. The standard InChI is InChI=1S/C19H27N3O2/c1-3-17-14(8-7-13-24-17)19(23)20-12-11-18-21-15-9-5-6-10-16(15)22(18)4-2/h5-6,9-10,14,17H,3-4,7-8,11-13H2,1-2H3,(H,20,23)/t14-,17-/m0/s1. The fourth-order valence-corrected chi connectivity index (χ4v) is 3.64. The fourth-order valence-electron chi connectivity index (χ4n) is 3.64. The summed E-state index contributed by atoms with van der Waals surface area (Å²) < 4.78 is 7.95. The lowest BCUT2D eigenvalue weighted by molar-refractivity contribution is -0.134. The molecule has 5 nitrogen and oxygen atoms in total. The molecule has 0 aliphatic carbocycles. The van der Waals surface area contributed by atoms with Crippen molar-refractivity contribution in [3.63, 3.8) is 0 Å². The molecule has 1 N–H and O–H groups in total. The Kier molecular flexibility index (Phi) is 5.51. The molecule has 2 aromatic rings. The topological polar surface area (TPSA) is 56.1 Å². The van der Waals surface area contributed by atoms with Crippen molar-refractivity contribution in [2.24, 2.45) is 5.92 Å². The van der Waals surface area contributed by atoms with E-state index in [-0.39, 0.29) is 17.9 Å². The fraction of sp³-hybridized carbons (Fsp3) is 0.579. The van der Waals surface area contributed by atoms with E-state index in [0.29, 0.717) is 6.54 Å². The Labute approximate surface area is 143 Å². The normalized spacial score (nSPS) is 21.1. The summed E-state index contributed by atoms with van der Waals surface area (Å²) in [5.41, 5.74) is 2.18. The van der Waals surface area contributed by atoms with Crippen LogP contribution in [-0.4, -0.2) is 34.7 Å². The van der Waals surface area contributed by atoms with Crippen molar-refractivity contribution >= 4 is 16.9 Å². The second-order valence-electron chi connectivity index (χ2n) is 6.37. The van der Waals surface area contributed by atoms with Crippen molar-refractivity contribution in [3.8, 4) is 0 Å². The summed E-state index contributed by atoms with van der Waals surface area (Å²) >= 11 is 0. The molecular formula is C19H27N3O2. The van der Waals surface area contributed by atoms with Crippen LogP contribution in [-0.2, 0) is 22.5 Å². The molecule has 0 radical (unpaired) electrons. The molecule has 0 unspecified atom stereocenters. The maximum Gasteiger partial charge on any atom is 0.225 e. The molecule has 0 spiro atoms. The van der Waals surface area contributed by atoms with E-state index >= 15 is 0 Å². The van der Waals surface area contributed by atoms with E-state index in [9.17, 15) is 4.79 Å². The van der Waals surface area contributed by atoms with E-state index < -0.39 is 0 Å². The molecule has 1 fully saturated rings. The van der Waals surface area contributed by atoms with Crippen LogP contribution in [0, 0.1) is 5.92 Å². The number of rotatable bonds is 6. The third-order valence-corrected chi connectivity index (χ3v) is 4.88. The zero-order valence-electron chi connectivity index (χ0n) is 14.6. The van der Waals surface area contributed by atoms with Crippen molar-refractivity contribution in [3.05, 3.63) is 30.1 Å². The third kappa shape index (κ3) is 3.46. The second-order valence-corrected chi connectivity index (χ2v) is 6.37. The van der Waals surface area contributed by atoms with Crippen LogP contribution in [0.5, 0.6) is 0 Å². The zero-order valence-corrected chi connectivity index (χ0v) is 14.6. The largest absolute Gasteiger partial charge is 0.377 e. The average Bonchev–Trinajstić information content (AvgIpc) is 2.98. The number of para-hydroxylation sites is 2. The lowest BCUT2D eigenvalue weighted by atomic mass is 9.92. The summed E-state index contributed by atoms with van der Waals surface area (Å²) in [7, 11) is 0. The van der Waals surface area contributed by atoms with Crippen LogP contribution in [0.25, 0.3) is 11.0 Å². The van der Waals surface area contributed by atoms with E-state index in [1.165, 1.54) is 0 Å². The number of hydrogen-bond acceptors (Lipinski definition) is 3. The monoisotopic (exact) mass is 329 g/mol. The number of ether oxygens (including phenoxy) is 1. The number of aryl methyl sites for hydroxylation is 1. The lowest BCUT2D eigenvalue weighted by Gasteiger charge is -2.30. The van der Waals surface area contributed by atoms with Crippen LogP contribution >= 0.6 is 0 Å². The molecule has 1 amide bonds. The van der Waals surface area contributed by atoms with Crippen LogP contribution in [0.4, 0.5) is 0 Å². The molecule has 0 saturated carbocycles. The Hall–Kier alpha value is -1.88. The Bertz CT molecular complexity index is 695. The van der Waals surface area contributed by atoms with Crippen molar-refractivity contribution in [2.75, 3.05) is 13.2 Å². The van der Waals surface area contributed by atoms with Gasteiger partial charge in [-0.25, -0.2) is 4.98 Å². The smallest absolute Gasteiger partial charge is 0.225 e. The Morgan fingerprint density at radius 2 is 2.21 bits per heavy atom. The van der Waals surface area contributed by atoms with Gasteiger partial charge in [-0.3, -0.25) is 4.79 Å². The van der Waals surface area contributed by atoms with Gasteiger partial charge in [0.15, 0.2) is 0 Å². The molecule has 2 heterocycles. The number of fused-ring (bicyclic) bond motifs is 1. The molecule has 1 aromatic carbocycles. The van der Waals surface area contributed by atoms with Gasteiger partial charge >= 0.3 is 0 Å². The first-order valence-electron chi connectivity index (χ1n) is 9.08. The number of imidazole rings is 1. The molecule has 1 saturated heterocycles. The van der Waals surface area contributed by atoms with Crippen molar-refractivity contribution in [2.45, 2.75) is 52.2 Å². The van der Waals surface area contributed by atoms with Gasteiger partial charge in [-0.05, 0) is 38.3 Å². The average molecular weight is 329 g/mol. The van der Waals surface area contributed by atoms with Gasteiger partial charge in [-0.15, -0.1) is 0 Å². The quantitative estimate of drug-likeness (QED) is 0.886. The predicted octanol–water partition coefficient (Wildman–Crippen LogP) is 2.92. The van der Waals surface area contributed by atoms with Crippen LogP contribution in [0.1, 0.15) is 38.9 Å². The lowest BCUT2D eigenvalue weighted by Crippen LogP contribution is -2.42. The molecule has 1 aliphatic rings. The van der Waals surface area contributed by atoms with Crippen molar-refractivity contribution in [1.82, 2.24) is 14.9 Å². The Morgan fingerprint density at radius 3 is 3.00 bits per heavy atom. The maximum atomic E-state index is 12.5. The van der Waals surface area contributed by atoms with Crippen LogP contribution in [0.15, 0.2) is 24.3 Å². The highest BCUT2D eigenvalue weighted by Crippen LogP contribution is 2.23. The number of carbonyl (C=O) groups is 1. The van der Waals surface area contributed by atoms with Crippen molar-refractivity contribution < 1.29 is 9.53 Å². The van der Waals surface area contributed by atoms with Crippen LogP contribution in [0.2, 0.25) is 0 Å². The Balaban J connectivity index is 1.61. The molecule has 24 heavy (non-hydrogen) atoms.